The highest BCUT2D eigenvalue weighted by Crippen LogP contribution is 2.77. The van der Waals surface area contributed by atoms with Crippen molar-refractivity contribution in [2.45, 2.75) is 50.6 Å². The Morgan fingerprint density at radius 1 is 1.24 bits per heavy atom. The lowest BCUT2D eigenvalue weighted by molar-refractivity contribution is 0.243. The number of rotatable bonds is 4. The molecule has 5 aliphatic rings. The molecular formula is C21H30N4. The van der Waals surface area contributed by atoms with Crippen molar-refractivity contribution >= 4 is 11.5 Å². The SMILES string of the molecule is CN[C@@H]1CCN(c2ccnc(NC3CC45CC4CC4CC3C5C4)c2)C1. The highest BCUT2D eigenvalue weighted by molar-refractivity contribution is 5.55. The molecule has 5 fully saturated rings. The molecule has 25 heavy (non-hydrogen) atoms. The number of nitrogens with one attached hydrogen (secondary N) is 2. The van der Waals surface area contributed by atoms with Crippen LogP contribution in [0.5, 0.6) is 0 Å². The van der Waals surface area contributed by atoms with Crippen LogP contribution >= 0.6 is 0 Å². The molecule has 0 amide bonds. The zero-order valence-corrected chi connectivity index (χ0v) is 15.2. The minimum absolute atomic E-state index is 0.625. The molecule has 6 unspecified atom stereocenters. The predicted octanol–water partition coefficient (Wildman–Crippen LogP) is 3.12. The minimum atomic E-state index is 0.625. The number of anilines is 2. The van der Waals surface area contributed by atoms with E-state index in [2.05, 4.69) is 39.7 Å². The van der Waals surface area contributed by atoms with Crippen molar-refractivity contribution in [1.29, 1.82) is 0 Å². The van der Waals surface area contributed by atoms with E-state index in [1.54, 1.807) is 6.42 Å². The van der Waals surface area contributed by atoms with E-state index in [0.29, 0.717) is 12.1 Å². The molecule has 7 atom stereocenters. The van der Waals surface area contributed by atoms with Gasteiger partial charge in [0.15, 0.2) is 0 Å². The summed E-state index contributed by atoms with van der Waals surface area (Å²) in [4.78, 5) is 7.17. The van der Waals surface area contributed by atoms with E-state index >= 15 is 0 Å². The second-order valence-corrected chi connectivity index (χ2v) is 9.55. The molecule has 2 N–H and O–H groups in total. The summed E-state index contributed by atoms with van der Waals surface area (Å²) < 4.78 is 0. The fraction of sp³-hybridized carbons (Fsp3) is 0.762. The molecule has 1 spiro atoms. The van der Waals surface area contributed by atoms with Crippen LogP contribution in [0.2, 0.25) is 0 Å². The van der Waals surface area contributed by atoms with E-state index in [4.69, 9.17) is 0 Å². The van der Waals surface area contributed by atoms with Crippen molar-refractivity contribution in [2.75, 3.05) is 30.4 Å². The van der Waals surface area contributed by atoms with E-state index in [1.165, 1.54) is 37.8 Å². The number of aromatic nitrogens is 1. The Morgan fingerprint density at radius 2 is 2.20 bits per heavy atom. The Morgan fingerprint density at radius 3 is 3.08 bits per heavy atom. The normalized spacial score (nSPS) is 46.4. The number of hydrogen-bond acceptors (Lipinski definition) is 4. The Hall–Kier alpha value is -1.29. The molecule has 1 aromatic rings. The van der Waals surface area contributed by atoms with Gasteiger partial charge in [0.2, 0.25) is 0 Å². The Labute approximate surface area is 150 Å². The third-order valence-corrected chi connectivity index (χ3v) is 8.50. The number of hydrogen-bond donors (Lipinski definition) is 2. The topological polar surface area (TPSA) is 40.2 Å². The Kier molecular flexibility index (Phi) is 3.04. The first-order valence-corrected chi connectivity index (χ1v) is 10.4. The highest BCUT2D eigenvalue weighted by Gasteiger charge is 2.71. The molecule has 6 rings (SSSR count). The van der Waals surface area contributed by atoms with Gasteiger partial charge in [0, 0.05) is 43.1 Å². The van der Waals surface area contributed by atoms with E-state index in [0.717, 1.165) is 48.0 Å². The van der Waals surface area contributed by atoms with Gasteiger partial charge >= 0.3 is 0 Å². The second-order valence-electron chi connectivity index (χ2n) is 9.55. The third-order valence-electron chi connectivity index (χ3n) is 8.50. The average molecular weight is 338 g/mol. The summed E-state index contributed by atoms with van der Waals surface area (Å²) in [6.07, 6.45) is 10.7. The molecule has 1 aliphatic heterocycles. The Balaban J connectivity index is 1.20. The van der Waals surface area contributed by atoms with E-state index in [9.17, 15) is 0 Å². The summed E-state index contributed by atoms with van der Waals surface area (Å²) in [7, 11) is 2.07. The molecule has 4 nitrogen and oxygen atoms in total. The average Bonchev–Trinajstić information content (AvgIpc) is 2.95. The molecule has 0 radical (unpaired) electrons. The van der Waals surface area contributed by atoms with Gasteiger partial charge in [0.25, 0.3) is 0 Å². The molecule has 0 aromatic carbocycles. The van der Waals surface area contributed by atoms with Crippen LogP contribution in [0.4, 0.5) is 11.5 Å². The zero-order valence-electron chi connectivity index (χ0n) is 15.2. The van der Waals surface area contributed by atoms with Crippen LogP contribution in [0.1, 0.15) is 38.5 Å². The van der Waals surface area contributed by atoms with Crippen LogP contribution < -0.4 is 15.5 Å². The molecule has 4 saturated carbocycles. The molecular weight excluding hydrogens is 308 g/mol. The molecule has 4 heteroatoms. The smallest absolute Gasteiger partial charge is 0.128 e. The summed E-state index contributed by atoms with van der Waals surface area (Å²) in [5, 5.41) is 7.30. The minimum Gasteiger partial charge on any atom is -0.370 e. The van der Waals surface area contributed by atoms with Gasteiger partial charge < -0.3 is 15.5 Å². The van der Waals surface area contributed by atoms with Gasteiger partial charge in [0.05, 0.1) is 0 Å². The van der Waals surface area contributed by atoms with Crippen molar-refractivity contribution in [1.82, 2.24) is 10.3 Å². The van der Waals surface area contributed by atoms with Crippen molar-refractivity contribution in [3.63, 3.8) is 0 Å². The summed E-state index contributed by atoms with van der Waals surface area (Å²) in [5.74, 6) is 5.18. The molecule has 134 valence electrons. The van der Waals surface area contributed by atoms with Gasteiger partial charge in [-0.15, -0.1) is 0 Å². The largest absolute Gasteiger partial charge is 0.370 e. The Bertz CT molecular complexity index is 690. The maximum atomic E-state index is 4.67. The number of pyridine rings is 1. The van der Waals surface area contributed by atoms with Gasteiger partial charge in [-0.3, -0.25) is 0 Å². The first-order valence-electron chi connectivity index (χ1n) is 10.4. The van der Waals surface area contributed by atoms with Gasteiger partial charge in [0.1, 0.15) is 5.82 Å². The lowest BCUT2D eigenvalue weighted by atomic mass is 9.80. The zero-order chi connectivity index (χ0) is 16.6. The lowest BCUT2D eigenvalue weighted by Crippen LogP contribution is -2.29. The summed E-state index contributed by atoms with van der Waals surface area (Å²) in [5.41, 5.74) is 2.09. The van der Waals surface area contributed by atoms with Crippen molar-refractivity contribution in [2.24, 2.45) is 29.1 Å². The van der Waals surface area contributed by atoms with E-state index < -0.39 is 0 Å². The number of likely N-dealkylation sites (N-methyl/N-ethyl adjacent to an activating group) is 1. The van der Waals surface area contributed by atoms with Crippen LogP contribution in [0.3, 0.4) is 0 Å². The van der Waals surface area contributed by atoms with Gasteiger partial charge in [-0.25, -0.2) is 4.98 Å². The molecule has 2 bridgehead atoms. The van der Waals surface area contributed by atoms with Crippen molar-refractivity contribution in [3.05, 3.63) is 18.3 Å². The summed E-state index contributed by atoms with van der Waals surface area (Å²) in [6.45, 7) is 2.26. The maximum absolute atomic E-state index is 4.67. The first-order chi connectivity index (χ1) is 12.2. The molecule has 1 aromatic heterocycles. The highest BCUT2D eigenvalue weighted by atomic mass is 15.2. The van der Waals surface area contributed by atoms with Crippen LogP contribution in [-0.2, 0) is 0 Å². The standard InChI is InChI=1S/C21H30N4/c1-22-15-3-5-25(12-15)16-2-4-23-20(9-16)24-19-11-21-10-14(21)6-13-7-17(19)18(21)8-13/h2,4,9,13-15,17-19,22H,3,5-8,10-12H2,1H3,(H,23,24)/t13?,14?,15-,17?,18?,19?,21?/m1/s1. The van der Waals surface area contributed by atoms with Crippen molar-refractivity contribution < 1.29 is 0 Å². The monoisotopic (exact) mass is 338 g/mol. The quantitative estimate of drug-likeness (QED) is 0.885. The fourth-order valence-corrected chi connectivity index (χ4v) is 7.29. The van der Waals surface area contributed by atoms with E-state index in [-0.39, 0.29) is 0 Å². The predicted molar refractivity (Wildman–Crippen MR) is 101 cm³/mol. The summed E-state index contributed by atoms with van der Waals surface area (Å²) >= 11 is 0. The second kappa shape index (κ2) is 5.12. The van der Waals surface area contributed by atoms with Gasteiger partial charge in [-0.05, 0) is 80.7 Å². The first kappa shape index (κ1) is 14.8. The number of fused-ring (bicyclic) bond motifs is 1. The third kappa shape index (κ3) is 2.12. The molecule has 4 aliphatic carbocycles. The fourth-order valence-electron chi connectivity index (χ4n) is 7.29. The van der Waals surface area contributed by atoms with Gasteiger partial charge in [-0.2, -0.15) is 0 Å². The van der Waals surface area contributed by atoms with E-state index in [1.807, 2.05) is 6.20 Å². The van der Waals surface area contributed by atoms with Crippen LogP contribution in [-0.4, -0.2) is 37.2 Å². The molecule has 2 heterocycles. The van der Waals surface area contributed by atoms with Crippen LogP contribution in [0.15, 0.2) is 18.3 Å². The number of nitrogens with zero attached hydrogens (tertiary/aromatic N) is 2. The maximum Gasteiger partial charge on any atom is 0.128 e. The van der Waals surface area contributed by atoms with Crippen LogP contribution in [0.25, 0.3) is 0 Å². The van der Waals surface area contributed by atoms with Gasteiger partial charge in [-0.1, -0.05) is 0 Å². The molecule has 1 saturated heterocycles. The van der Waals surface area contributed by atoms with Crippen LogP contribution in [0, 0.1) is 29.1 Å². The van der Waals surface area contributed by atoms with Crippen molar-refractivity contribution in [3.8, 4) is 0 Å². The lowest BCUT2D eigenvalue weighted by Gasteiger charge is -2.26. The summed E-state index contributed by atoms with van der Waals surface area (Å²) in [6, 6.07) is 5.76.